The molecule has 0 fully saturated rings. The molecule has 1 amide bonds. The molecule has 4 aromatic rings. The van der Waals surface area contributed by atoms with Crippen LogP contribution < -0.4 is 4.90 Å². The fraction of sp³-hybridized carbons (Fsp3) is 0.174. The highest BCUT2D eigenvalue weighted by Crippen LogP contribution is 2.34. The van der Waals surface area contributed by atoms with Crippen LogP contribution in [-0.4, -0.2) is 32.5 Å². The Morgan fingerprint density at radius 1 is 1.03 bits per heavy atom. The first-order chi connectivity index (χ1) is 14.7. The minimum atomic E-state index is -0.279. The summed E-state index contributed by atoms with van der Waals surface area (Å²) in [6.45, 7) is 2.68. The third kappa shape index (κ3) is 3.44. The zero-order chi connectivity index (χ0) is 20.5. The van der Waals surface area contributed by atoms with Crippen molar-refractivity contribution in [3.05, 3.63) is 77.7 Å². The highest BCUT2D eigenvalue weighted by atomic mass is 32.2. The molecule has 5 rings (SSSR count). The molecule has 30 heavy (non-hydrogen) atoms. The molecule has 1 aliphatic heterocycles. The topological polar surface area (TPSA) is 51.0 Å². The summed E-state index contributed by atoms with van der Waals surface area (Å²) in [7, 11) is 0. The monoisotopic (exact) mass is 432 g/mol. The van der Waals surface area contributed by atoms with Crippen molar-refractivity contribution >= 4 is 34.7 Å². The number of hydrogen-bond donors (Lipinski definition) is 0. The molecule has 0 saturated heterocycles. The summed E-state index contributed by atoms with van der Waals surface area (Å²) < 4.78 is 2.04. The van der Waals surface area contributed by atoms with Crippen molar-refractivity contribution < 1.29 is 4.79 Å². The van der Waals surface area contributed by atoms with Crippen molar-refractivity contribution in [2.24, 2.45) is 0 Å². The Labute approximate surface area is 183 Å². The molecule has 1 aliphatic rings. The van der Waals surface area contributed by atoms with Crippen molar-refractivity contribution in [1.82, 2.24) is 14.8 Å². The fourth-order valence-corrected chi connectivity index (χ4v) is 5.34. The number of nitrogens with zero attached hydrogens (tertiary/aromatic N) is 4. The third-order valence-electron chi connectivity index (χ3n) is 5.17. The van der Waals surface area contributed by atoms with Crippen LogP contribution in [0.25, 0.3) is 16.4 Å². The van der Waals surface area contributed by atoms with E-state index in [0.717, 1.165) is 40.2 Å². The van der Waals surface area contributed by atoms with Gasteiger partial charge in [0.25, 0.3) is 0 Å². The maximum atomic E-state index is 13.2. The number of carbonyl (C=O) groups is 1. The number of thioether (sulfide) groups is 1. The van der Waals surface area contributed by atoms with Gasteiger partial charge in [-0.3, -0.25) is 9.36 Å². The largest absolute Gasteiger partial charge is 0.311 e. The van der Waals surface area contributed by atoms with Gasteiger partial charge in [0.1, 0.15) is 0 Å². The smallest absolute Gasteiger partial charge is 0.240 e. The first-order valence-corrected chi connectivity index (χ1v) is 11.6. The van der Waals surface area contributed by atoms with E-state index in [2.05, 4.69) is 16.3 Å². The van der Waals surface area contributed by atoms with Gasteiger partial charge in [0.15, 0.2) is 11.0 Å². The Hall–Kier alpha value is -2.90. The van der Waals surface area contributed by atoms with Crippen LogP contribution in [0.2, 0.25) is 0 Å². The van der Waals surface area contributed by atoms with Crippen molar-refractivity contribution in [3.8, 4) is 16.4 Å². The molecule has 0 unspecified atom stereocenters. The van der Waals surface area contributed by atoms with Crippen molar-refractivity contribution in [2.75, 3.05) is 11.4 Å². The number of rotatable bonds is 5. The van der Waals surface area contributed by atoms with Crippen LogP contribution in [0.1, 0.15) is 12.5 Å². The molecule has 0 aliphatic carbocycles. The first kappa shape index (κ1) is 19.1. The summed E-state index contributed by atoms with van der Waals surface area (Å²) in [5, 5.41) is 11.4. The molecule has 7 heteroatoms. The second-order valence-electron chi connectivity index (χ2n) is 7.08. The molecule has 0 saturated carbocycles. The van der Waals surface area contributed by atoms with Gasteiger partial charge in [0, 0.05) is 17.9 Å². The second kappa shape index (κ2) is 8.08. The lowest BCUT2D eigenvalue weighted by Crippen LogP contribution is -2.35. The number of anilines is 1. The van der Waals surface area contributed by atoms with Crippen LogP contribution in [0.4, 0.5) is 5.69 Å². The van der Waals surface area contributed by atoms with Crippen LogP contribution in [0.5, 0.6) is 0 Å². The van der Waals surface area contributed by atoms with Crippen molar-refractivity contribution in [2.45, 2.75) is 23.8 Å². The molecule has 0 N–H and O–H groups in total. The van der Waals surface area contributed by atoms with Crippen LogP contribution in [0, 0.1) is 0 Å². The molecule has 0 bridgehead atoms. The summed E-state index contributed by atoms with van der Waals surface area (Å²) in [5.41, 5.74) is 3.24. The maximum absolute atomic E-state index is 13.2. The third-order valence-corrected chi connectivity index (χ3v) is 7.07. The molecule has 0 radical (unpaired) electrons. The molecule has 3 heterocycles. The Bertz CT molecular complexity index is 1170. The first-order valence-electron chi connectivity index (χ1n) is 9.83. The molecule has 0 spiro atoms. The average Bonchev–Trinajstić information content (AvgIpc) is 3.53. The van der Waals surface area contributed by atoms with Gasteiger partial charge < -0.3 is 4.90 Å². The lowest BCUT2D eigenvalue weighted by atomic mass is 10.2. The van der Waals surface area contributed by atoms with E-state index in [1.54, 1.807) is 11.3 Å². The molecule has 1 atom stereocenters. The number of para-hydroxylation sites is 2. The van der Waals surface area contributed by atoms with E-state index in [9.17, 15) is 4.79 Å². The number of fused-ring (bicyclic) bond motifs is 1. The molecular weight excluding hydrogens is 412 g/mol. The van der Waals surface area contributed by atoms with Crippen molar-refractivity contribution in [1.29, 1.82) is 0 Å². The lowest BCUT2D eigenvalue weighted by Gasteiger charge is -2.21. The predicted molar refractivity (Wildman–Crippen MR) is 122 cm³/mol. The zero-order valence-corrected chi connectivity index (χ0v) is 18.1. The van der Waals surface area contributed by atoms with Gasteiger partial charge in [-0.1, -0.05) is 54.2 Å². The molecule has 150 valence electrons. The van der Waals surface area contributed by atoms with E-state index >= 15 is 0 Å². The SMILES string of the molecule is C[C@@H](Sc1nnc(-c2cccs2)n1-c1ccccc1)C(=O)N1CCc2ccccc21. The van der Waals surface area contributed by atoms with Crippen molar-refractivity contribution in [3.63, 3.8) is 0 Å². The van der Waals surface area contributed by atoms with Crippen LogP contribution in [-0.2, 0) is 11.2 Å². The molecule has 2 aromatic carbocycles. The van der Waals surface area contributed by atoms with Crippen LogP contribution >= 0.6 is 23.1 Å². The predicted octanol–water partition coefficient (Wildman–Crippen LogP) is 5.07. The standard InChI is InChI=1S/C23H20N4OS2/c1-16(22(28)26-14-13-17-8-5-6-11-19(17)26)30-23-25-24-21(20-12-7-15-29-20)27(23)18-9-3-2-4-10-18/h2-12,15-16H,13-14H2,1H3/t16-/m1/s1. The second-order valence-corrected chi connectivity index (χ2v) is 9.34. The molecule has 5 nitrogen and oxygen atoms in total. The average molecular weight is 433 g/mol. The van der Waals surface area contributed by atoms with E-state index in [4.69, 9.17) is 0 Å². The minimum Gasteiger partial charge on any atom is -0.311 e. The highest BCUT2D eigenvalue weighted by molar-refractivity contribution is 8.00. The van der Waals surface area contributed by atoms with E-state index in [1.165, 1.54) is 17.3 Å². The Balaban J connectivity index is 1.46. The number of thiophene rings is 1. The van der Waals surface area contributed by atoms with Gasteiger partial charge in [-0.05, 0) is 48.6 Å². The molecular formula is C23H20N4OS2. The zero-order valence-electron chi connectivity index (χ0n) is 16.4. The number of amides is 1. The van der Waals surface area contributed by atoms with Gasteiger partial charge in [-0.25, -0.2) is 0 Å². The van der Waals surface area contributed by atoms with Crippen LogP contribution in [0.15, 0.2) is 77.3 Å². The normalized spacial score (nSPS) is 14.0. The van der Waals surface area contributed by atoms with Gasteiger partial charge in [0.05, 0.1) is 10.1 Å². The molecule has 2 aromatic heterocycles. The number of benzene rings is 2. The number of carbonyl (C=O) groups excluding carboxylic acids is 1. The number of hydrogen-bond acceptors (Lipinski definition) is 5. The summed E-state index contributed by atoms with van der Waals surface area (Å²) in [6, 6.07) is 22.2. The van der Waals surface area contributed by atoms with E-state index in [0.29, 0.717) is 0 Å². The van der Waals surface area contributed by atoms with Gasteiger partial charge in [-0.2, -0.15) is 0 Å². The summed E-state index contributed by atoms with van der Waals surface area (Å²) in [6.07, 6.45) is 0.905. The minimum absolute atomic E-state index is 0.102. The van der Waals surface area contributed by atoms with Gasteiger partial charge >= 0.3 is 0 Å². The Morgan fingerprint density at radius 3 is 2.63 bits per heavy atom. The Morgan fingerprint density at radius 2 is 1.83 bits per heavy atom. The van der Waals surface area contributed by atoms with E-state index < -0.39 is 0 Å². The van der Waals surface area contributed by atoms with Crippen LogP contribution in [0.3, 0.4) is 0 Å². The van der Waals surface area contributed by atoms with Gasteiger partial charge in [-0.15, -0.1) is 21.5 Å². The lowest BCUT2D eigenvalue weighted by molar-refractivity contribution is -0.117. The highest BCUT2D eigenvalue weighted by Gasteiger charge is 2.30. The summed E-state index contributed by atoms with van der Waals surface area (Å²) in [5.74, 6) is 0.898. The Kier molecular flexibility index (Phi) is 5.14. The van der Waals surface area contributed by atoms with Gasteiger partial charge in [0.2, 0.25) is 5.91 Å². The summed E-state index contributed by atoms with van der Waals surface area (Å²) in [4.78, 5) is 16.2. The van der Waals surface area contributed by atoms with E-state index in [-0.39, 0.29) is 11.2 Å². The quantitative estimate of drug-likeness (QED) is 0.413. The fourth-order valence-electron chi connectivity index (χ4n) is 3.72. The maximum Gasteiger partial charge on any atom is 0.240 e. The van der Waals surface area contributed by atoms with E-state index in [1.807, 2.05) is 82.4 Å². The number of aromatic nitrogens is 3. The summed E-state index contributed by atoms with van der Waals surface area (Å²) >= 11 is 3.08.